The van der Waals surface area contributed by atoms with Crippen molar-refractivity contribution in [3.63, 3.8) is 0 Å². The van der Waals surface area contributed by atoms with Gasteiger partial charge >= 0.3 is 5.63 Å². The molecule has 0 fully saturated rings. The van der Waals surface area contributed by atoms with Crippen LogP contribution in [0, 0.1) is 12.8 Å². The van der Waals surface area contributed by atoms with Crippen LogP contribution in [0.3, 0.4) is 0 Å². The zero-order valence-corrected chi connectivity index (χ0v) is 14.3. The summed E-state index contributed by atoms with van der Waals surface area (Å²) in [5.74, 6) is -1.82. The predicted molar refractivity (Wildman–Crippen MR) is 89.1 cm³/mol. The molecule has 25 heavy (non-hydrogen) atoms. The van der Waals surface area contributed by atoms with E-state index >= 15 is 0 Å². The Labute approximate surface area is 144 Å². The first-order valence-electron chi connectivity index (χ1n) is 7.99. The Morgan fingerprint density at radius 1 is 1.32 bits per heavy atom. The van der Waals surface area contributed by atoms with E-state index in [0.717, 1.165) is 10.9 Å². The third-order valence-corrected chi connectivity index (χ3v) is 4.08. The standard InChI is InChI=1S/C18H21NO6/c1-4-10(2)17(18(22)23)19-15(20)9-24-12-5-6-13-11(3)7-16(21)25-14(13)8-12/h5-8,10,17H,4,9H2,1-3H3,(H,19,20)(H,22,23)/p-1/t10-,17-/m0/s1. The van der Waals surface area contributed by atoms with Crippen molar-refractivity contribution in [2.45, 2.75) is 33.2 Å². The second-order valence-electron chi connectivity index (χ2n) is 5.94. The van der Waals surface area contributed by atoms with Gasteiger partial charge in [-0.2, -0.15) is 0 Å². The molecule has 0 unspecified atom stereocenters. The quantitative estimate of drug-likeness (QED) is 0.742. The Bertz CT molecular complexity index is 841. The van der Waals surface area contributed by atoms with Crippen LogP contribution < -0.4 is 20.8 Å². The predicted octanol–water partition coefficient (Wildman–Crippen LogP) is 0.761. The van der Waals surface area contributed by atoms with Gasteiger partial charge in [-0.15, -0.1) is 0 Å². The lowest BCUT2D eigenvalue weighted by Crippen LogP contribution is -2.52. The zero-order chi connectivity index (χ0) is 18.6. The average Bonchev–Trinajstić information content (AvgIpc) is 2.56. The second-order valence-corrected chi connectivity index (χ2v) is 5.94. The monoisotopic (exact) mass is 346 g/mol. The van der Waals surface area contributed by atoms with Crippen LogP contribution >= 0.6 is 0 Å². The molecule has 2 atom stereocenters. The van der Waals surface area contributed by atoms with Crippen LogP contribution in [0.1, 0.15) is 25.8 Å². The van der Waals surface area contributed by atoms with Gasteiger partial charge in [-0.25, -0.2) is 4.79 Å². The lowest BCUT2D eigenvalue weighted by atomic mass is 9.99. The van der Waals surface area contributed by atoms with Gasteiger partial charge in [0.05, 0.1) is 12.0 Å². The number of hydrogen-bond donors (Lipinski definition) is 1. The van der Waals surface area contributed by atoms with E-state index in [4.69, 9.17) is 9.15 Å². The van der Waals surface area contributed by atoms with E-state index in [1.165, 1.54) is 12.1 Å². The number of carbonyl (C=O) groups excluding carboxylic acids is 2. The van der Waals surface area contributed by atoms with E-state index in [-0.39, 0.29) is 12.5 Å². The molecule has 134 valence electrons. The molecule has 0 spiro atoms. The summed E-state index contributed by atoms with van der Waals surface area (Å²) >= 11 is 0. The molecule has 0 saturated heterocycles. The Morgan fingerprint density at radius 2 is 2.04 bits per heavy atom. The lowest BCUT2D eigenvalue weighted by Gasteiger charge is -2.25. The number of aliphatic carboxylic acids is 1. The molecule has 0 radical (unpaired) electrons. The van der Waals surface area contributed by atoms with Crippen LogP contribution in [-0.2, 0) is 9.59 Å². The fourth-order valence-corrected chi connectivity index (χ4v) is 2.43. The fraction of sp³-hybridized carbons (Fsp3) is 0.389. The normalized spacial score (nSPS) is 13.2. The van der Waals surface area contributed by atoms with Crippen LogP contribution in [-0.4, -0.2) is 24.5 Å². The van der Waals surface area contributed by atoms with Gasteiger partial charge in [-0.3, -0.25) is 4.79 Å². The van der Waals surface area contributed by atoms with Crippen molar-refractivity contribution in [2.75, 3.05) is 6.61 Å². The molecular weight excluding hydrogens is 326 g/mol. The van der Waals surface area contributed by atoms with Crippen LogP contribution in [0.25, 0.3) is 11.0 Å². The van der Waals surface area contributed by atoms with Crippen LogP contribution in [0.2, 0.25) is 0 Å². The van der Waals surface area contributed by atoms with Gasteiger partial charge in [0.1, 0.15) is 11.3 Å². The maximum atomic E-state index is 11.9. The molecule has 1 amide bonds. The van der Waals surface area contributed by atoms with Crippen LogP contribution in [0.5, 0.6) is 5.75 Å². The van der Waals surface area contributed by atoms with Crippen molar-refractivity contribution < 1.29 is 23.8 Å². The van der Waals surface area contributed by atoms with E-state index in [1.54, 1.807) is 26.0 Å². The first-order valence-corrected chi connectivity index (χ1v) is 7.99. The number of carboxylic acid groups (broad SMARTS) is 1. The molecule has 1 aromatic heterocycles. The summed E-state index contributed by atoms with van der Waals surface area (Å²) in [6, 6.07) is 5.21. The summed E-state index contributed by atoms with van der Waals surface area (Å²) in [6.45, 7) is 4.98. The van der Waals surface area contributed by atoms with Gasteiger partial charge in [0.15, 0.2) is 6.61 Å². The van der Waals surface area contributed by atoms with Gasteiger partial charge in [-0.1, -0.05) is 20.3 Å². The molecule has 1 heterocycles. The summed E-state index contributed by atoms with van der Waals surface area (Å²) in [6.07, 6.45) is 0.586. The van der Waals surface area contributed by atoms with Gasteiger partial charge in [0.2, 0.25) is 0 Å². The summed E-state index contributed by atoms with van der Waals surface area (Å²) in [4.78, 5) is 34.5. The molecular formula is C18H20NO6-. The van der Waals surface area contributed by atoms with Gasteiger partial charge in [0.25, 0.3) is 5.91 Å². The molecule has 2 rings (SSSR count). The summed E-state index contributed by atoms with van der Waals surface area (Å²) in [5, 5.41) is 14.3. The third kappa shape index (κ3) is 4.59. The van der Waals surface area contributed by atoms with Gasteiger partial charge < -0.3 is 24.4 Å². The number of carboxylic acids is 1. The highest BCUT2D eigenvalue weighted by Gasteiger charge is 2.19. The SMILES string of the molecule is CC[C@H](C)[C@H](NC(=O)COc1ccc2c(C)cc(=O)oc2c1)C(=O)[O-]. The topological polar surface area (TPSA) is 109 Å². The Balaban J connectivity index is 2.05. The molecule has 2 aromatic rings. The van der Waals surface area contributed by atoms with E-state index in [1.807, 2.05) is 6.92 Å². The fourth-order valence-electron chi connectivity index (χ4n) is 2.43. The molecule has 1 aromatic carbocycles. The molecule has 7 nitrogen and oxygen atoms in total. The molecule has 0 aliphatic rings. The van der Waals surface area contributed by atoms with Crippen molar-refractivity contribution in [2.24, 2.45) is 5.92 Å². The molecule has 0 aliphatic heterocycles. The number of rotatable bonds is 7. The van der Waals surface area contributed by atoms with Crippen molar-refractivity contribution in [3.05, 3.63) is 40.2 Å². The first kappa shape index (κ1) is 18.5. The minimum atomic E-state index is -1.33. The minimum Gasteiger partial charge on any atom is -0.548 e. The molecule has 0 aliphatic carbocycles. The smallest absolute Gasteiger partial charge is 0.336 e. The first-order chi connectivity index (χ1) is 11.8. The van der Waals surface area contributed by atoms with Crippen molar-refractivity contribution >= 4 is 22.8 Å². The number of hydrogen-bond acceptors (Lipinski definition) is 6. The maximum absolute atomic E-state index is 11.9. The average molecular weight is 346 g/mol. The lowest BCUT2D eigenvalue weighted by molar-refractivity contribution is -0.309. The number of ether oxygens (including phenoxy) is 1. The molecule has 0 saturated carbocycles. The van der Waals surface area contributed by atoms with E-state index < -0.39 is 23.5 Å². The van der Waals surface area contributed by atoms with Crippen molar-refractivity contribution in [1.29, 1.82) is 0 Å². The highest BCUT2D eigenvalue weighted by molar-refractivity contribution is 5.84. The number of nitrogens with one attached hydrogen (secondary N) is 1. The Kier molecular flexibility index (Phi) is 5.80. The number of fused-ring (bicyclic) bond motifs is 1. The number of aryl methyl sites for hydroxylation is 1. The van der Waals surface area contributed by atoms with Crippen LogP contribution in [0.4, 0.5) is 0 Å². The number of carbonyl (C=O) groups is 2. The third-order valence-electron chi connectivity index (χ3n) is 4.08. The van der Waals surface area contributed by atoms with E-state index in [0.29, 0.717) is 17.8 Å². The van der Waals surface area contributed by atoms with Gasteiger partial charge in [0, 0.05) is 17.5 Å². The van der Waals surface area contributed by atoms with E-state index in [9.17, 15) is 19.5 Å². The largest absolute Gasteiger partial charge is 0.548 e. The Hall–Kier alpha value is -2.83. The Morgan fingerprint density at radius 3 is 2.68 bits per heavy atom. The second kappa shape index (κ2) is 7.83. The van der Waals surface area contributed by atoms with Crippen molar-refractivity contribution in [1.82, 2.24) is 5.32 Å². The number of amides is 1. The minimum absolute atomic E-state index is 0.258. The highest BCUT2D eigenvalue weighted by atomic mass is 16.5. The summed E-state index contributed by atoms with van der Waals surface area (Å²) in [7, 11) is 0. The van der Waals surface area contributed by atoms with Crippen molar-refractivity contribution in [3.8, 4) is 5.75 Å². The maximum Gasteiger partial charge on any atom is 0.336 e. The number of benzene rings is 1. The summed E-state index contributed by atoms with van der Waals surface area (Å²) in [5.41, 5.74) is 0.668. The van der Waals surface area contributed by atoms with Crippen LogP contribution in [0.15, 0.2) is 33.5 Å². The molecule has 7 heteroatoms. The molecule has 0 bridgehead atoms. The summed E-state index contributed by atoms with van der Waals surface area (Å²) < 4.78 is 10.5. The van der Waals surface area contributed by atoms with Gasteiger partial charge in [-0.05, 0) is 30.5 Å². The zero-order valence-electron chi connectivity index (χ0n) is 14.3. The molecule has 1 N–H and O–H groups in total. The highest BCUT2D eigenvalue weighted by Crippen LogP contribution is 2.22. The van der Waals surface area contributed by atoms with E-state index in [2.05, 4.69) is 5.32 Å².